The largest absolute Gasteiger partial charge is 0.338 e. The van der Waals surface area contributed by atoms with Gasteiger partial charge >= 0.3 is 0 Å². The topological polar surface area (TPSA) is 80.5 Å². The van der Waals surface area contributed by atoms with E-state index < -0.39 is 15.8 Å². The Morgan fingerprint density at radius 3 is 2.75 bits per heavy atom. The molecule has 8 heteroatoms. The van der Waals surface area contributed by atoms with E-state index in [2.05, 4.69) is 0 Å². The summed E-state index contributed by atoms with van der Waals surface area (Å²) in [4.78, 5) is 13.3. The van der Waals surface area contributed by atoms with Crippen LogP contribution in [0.3, 0.4) is 0 Å². The van der Waals surface area contributed by atoms with Gasteiger partial charge in [0.2, 0.25) is 15.9 Å². The molecule has 0 aliphatic carbocycles. The lowest BCUT2D eigenvalue weighted by molar-refractivity contribution is -0.128. The van der Waals surface area contributed by atoms with Crippen molar-refractivity contribution in [1.29, 1.82) is 0 Å². The van der Waals surface area contributed by atoms with Crippen molar-refractivity contribution >= 4 is 27.5 Å². The summed E-state index contributed by atoms with van der Waals surface area (Å²) in [6.45, 7) is 0.601. The molecule has 1 aromatic carbocycles. The van der Waals surface area contributed by atoms with Crippen molar-refractivity contribution in [2.75, 3.05) is 12.3 Å². The lowest BCUT2D eigenvalue weighted by atomic mass is 10.1. The van der Waals surface area contributed by atoms with Crippen molar-refractivity contribution in [2.45, 2.75) is 13.0 Å². The van der Waals surface area contributed by atoms with Crippen LogP contribution in [0.2, 0.25) is 5.02 Å². The number of halogens is 2. The Bertz CT molecular complexity index is 636. The van der Waals surface area contributed by atoms with Crippen LogP contribution in [0.15, 0.2) is 18.2 Å². The quantitative estimate of drug-likeness (QED) is 0.902. The molecule has 1 heterocycles. The number of sulfonamides is 1. The van der Waals surface area contributed by atoms with Crippen molar-refractivity contribution in [1.82, 2.24) is 4.90 Å². The molecule has 0 spiro atoms. The first-order valence-corrected chi connectivity index (χ1v) is 8.06. The Kier molecular flexibility index (Phi) is 4.31. The number of likely N-dealkylation sites (tertiary alicyclic amines) is 1. The Balaban J connectivity index is 2.03. The van der Waals surface area contributed by atoms with Crippen molar-refractivity contribution in [3.05, 3.63) is 34.6 Å². The Hall–Kier alpha value is -1.18. The first-order chi connectivity index (χ1) is 9.24. The summed E-state index contributed by atoms with van der Waals surface area (Å²) in [5.74, 6) is -1.16. The van der Waals surface area contributed by atoms with Gasteiger partial charge in [-0.25, -0.2) is 17.9 Å². The molecule has 1 saturated heterocycles. The third-order valence-corrected chi connectivity index (χ3v) is 4.35. The number of carbonyl (C=O) groups excluding carboxylic acids is 1. The third kappa shape index (κ3) is 3.91. The molecule has 1 aromatic rings. The number of nitrogens with two attached hydrogens (primary N) is 1. The molecular weight excluding hydrogens is 307 g/mol. The number of carbonyl (C=O) groups is 1. The monoisotopic (exact) mass is 320 g/mol. The normalized spacial score (nSPS) is 19.6. The molecule has 1 aliphatic heterocycles. The van der Waals surface area contributed by atoms with Gasteiger partial charge < -0.3 is 4.90 Å². The zero-order valence-corrected chi connectivity index (χ0v) is 12.1. The van der Waals surface area contributed by atoms with Gasteiger partial charge in [0, 0.05) is 25.4 Å². The molecule has 0 radical (unpaired) electrons. The lowest BCUT2D eigenvalue weighted by Crippen LogP contribution is -2.27. The van der Waals surface area contributed by atoms with E-state index in [9.17, 15) is 17.6 Å². The number of amides is 1. The van der Waals surface area contributed by atoms with E-state index in [1.807, 2.05) is 0 Å². The van der Waals surface area contributed by atoms with Crippen molar-refractivity contribution in [3.8, 4) is 0 Å². The summed E-state index contributed by atoms with van der Waals surface area (Å²) in [7, 11) is -3.59. The van der Waals surface area contributed by atoms with Gasteiger partial charge in [-0.05, 0) is 17.7 Å². The average molecular weight is 321 g/mol. The number of rotatable bonds is 4. The maximum absolute atomic E-state index is 13.0. The Morgan fingerprint density at radius 2 is 2.15 bits per heavy atom. The predicted octanol–water partition coefficient (Wildman–Crippen LogP) is 1.12. The van der Waals surface area contributed by atoms with Crippen LogP contribution in [0.1, 0.15) is 12.0 Å². The minimum Gasteiger partial charge on any atom is -0.338 e. The molecule has 20 heavy (non-hydrogen) atoms. The zero-order chi connectivity index (χ0) is 14.9. The first-order valence-electron chi connectivity index (χ1n) is 5.97. The van der Waals surface area contributed by atoms with Gasteiger partial charge in [-0.1, -0.05) is 17.7 Å². The SMILES string of the molecule is NS(=O)(=O)CC1CC(=O)N(Cc2ccc(F)c(Cl)c2)C1. The van der Waals surface area contributed by atoms with Gasteiger partial charge in [-0.2, -0.15) is 0 Å². The summed E-state index contributed by atoms with van der Waals surface area (Å²) >= 11 is 5.68. The van der Waals surface area contributed by atoms with Gasteiger partial charge in [0.05, 0.1) is 10.8 Å². The maximum atomic E-state index is 13.0. The van der Waals surface area contributed by atoms with Crippen LogP contribution in [0.25, 0.3) is 0 Å². The molecule has 1 amide bonds. The minimum atomic E-state index is -3.59. The Morgan fingerprint density at radius 1 is 1.45 bits per heavy atom. The lowest BCUT2D eigenvalue weighted by Gasteiger charge is -2.16. The van der Waals surface area contributed by atoms with E-state index >= 15 is 0 Å². The fourth-order valence-corrected chi connectivity index (χ4v) is 3.39. The van der Waals surface area contributed by atoms with Crippen molar-refractivity contribution < 1.29 is 17.6 Å². The van der Waals surface area contributed by atoms with Gasteiger partial charge in [0.15, 0.2) is 0 Å². The summed E-state index contributed by atoms with van der Waals surface area (Å²) in [6.07, 6.45) is 0.158. The van der Waals surface area contributed by atoms with Crippen LogP contribution in [0.5, 0.6) is 0 Å². The summed E-state index contributed by atoms with van der Waals surface area (Å²) < 4.78 is 35.1. The van der Waals surface area contributed by atoms with Crippen LogP contribution in [0, 0.1) is 11.7 Å². The third-order valence-electron chi connectivity index (χ3n) is 3.12. The molecule has 0 aromatic heterocycles. The highest BCUT2D eigenvalue weighted by molar-refractivity contribution is 7.89. The first kappa shape index (κ1) is 15.2. The average Bonchev–Trinajstić information content (AvgIpc) is 2.62. The van der Waals surface area contributed by atoms with Crippen LogP contribution in [0.4, 0.5) is 4.39 Å². The summed E-state index contributed by atoms with van der Waals surface area (Å²) in [6, 6.07) is 4.23. The standard InChI is InChI=1S/C12H14ClFN2O3S/c13-10-3-8(1-2-11(10)14)5-16-6-9(4-12(16)17)7-20(15,18)19/h1-3,9H,4-7H2,(H2,15,18,19). The molecule has 0 bridgehead atoms. The van der Waals surface area contributed by atoms with E-state index in [0.29, 0.717) is 12.1 Å². The smallest absolute Gasteiger partial charge is 0.223 e. The highest BCUT2D eigenvalue weighted by Gasteiger charge is 2.31. The molecule has 2 rings (SSSR count). The van der Waals surface area contributed by atoms with Crippen LogP contribution >= 0.6 is 11.6 Å². The number of hydrogen-bond donors (Lipinski definition) is 1. The Labute approximate surface area is 121 Å². The number of hydrogen-bond acceptors (Lipinski definition) is 3. The van der Waals surface area contributed by atoms with Gasteiger partial charge in [-0.15, -0.1) is 0 Å². The van der Waals surface area contributed by atoms with Crippen molar-refractivity contribution in [2.24, 2.45) is 11.1 Å². The predicted molar refractivity (Wildman–Crippen MR) is 72.9 cm³/mol. The van der Waals surface area contributed by atoms with Crippen LogP contribution in [-0.4, -0.2) is 31.5 Å². The van der Waals surface area contributed by atoms with E-state index in [1.165, 1.54) is 17.0 Å². The second-order valence-corrected chi connectivity index (χ2v) is 6.99. The minimum absolute atomic E-state index is 0.00441. The van der Waals surface area contributed by atoms with Gasteiger partial charge in [0.25, 0.3) is 0 Å². The van der Waals surface area contributed by atoms with E-state index in [4.69, 9.17) is 16.7 Å². The van der Waals surface area contributed by atoms with E-state index in [-0.39, 0.29) is 35.6 Å². The molecule has 1 atom stereocenters. The van der Waals surface area contributed by atoms with E-state index in [0.717, 1.165) is 0 Å². The molecule has 5 nitrogen and oxygen atoms in total. The van der Waals surface area contributed by atoms with Crippen LogP contribution in [-0.2, 0) is 21.4 Å². The maximum Gasteiger partial charge on any atom is 0.223 e. The van der Waals surface area contributed by atoms with Crippen molar-refractivity contribution in [3.63, 3.8) is 0 Å². The molecule has 1 aliphatic rings. The highest BCUT2D eigenvalue weighted by Crippen LogP contribution is 2.23. The number of nitrogens with zero attached hydrogens (tertiary/aromatic N) is 1. The molecule has 0 saturated carbocycles. The molecule has 110 valence electrons. The number of primary sulfonamides is 1. The van der Waals surface area contributed by atoms with Gasteiger partial charge in [0.1, 0.15) is 5.82 Å². The fraction of sp³-hybridized carbons (Fsp3) is 0.417. The second-order valence-electron chi connectivity index (χ2n) is 4.92. The number of benzene rings is 1. The van der Waals surface area contributed by atoms with E-state index in [1.54, 1.807) is 6.07 Å². The van der Waals surface area contributed by atoms with Gasteiger partial charge in [-0.3, -0.25) is 4.79 Å². The second kappa shape index (κ2) is 5.67. The highest BCUT2D eigenvalue weighted by atomic mass is 35.5. The molecule has 1 unspecified atom stereocenters. The molecular formula is C12H14ClFN2O3S. The molecule has 2 N–H and O–H groups in total. The molecule has 1 fully saturated rings. The van der Waals surface area contributed by atoms with Crippen LogP contribution < -0.4 is 5.14 Å². The zero-order valence-electron chi connectivity index (χ0n) is 10.6. The fourth-order valence-electron chi connectivity index (χ4n) is 2.31. The summed E-state index contributed by atoms with van der Waals surface area (Å²) in [5, 5.41) is 4.97. The summed E-state index contributed by atoms with van der Waals surface area (Å²) in [5.41, 5.74) is 0.695.